The number of ether oxygens (including phenoxy) is 15. The molecule has 8 saturated heterocycles. The molecular formula is C56H94N4O41. The standard InChI is InChI=1S/C56H94N4O41/c1-13(67)57-25-34(76)44(97-53-40(82)37(79)29(71)17(5-61)90-53)20(8-64)93-50(25)87-11-23-32(74)47(28(49(86)89-23)60-16(4)70)100-56-43(85)48(101-52-27(59-15(3)69)36(78)46(22(10-66)95-52)99-55-42(84)39(81)31(73)19(7-63)92-55)33(75)24(96-56)12-88-51-26(58-14(2)68)35(77)45(21(9-65)94-51)98-54-41(83)38(80)30(72)18(6-62)91-54/h17-56,61-66,71-86H,5-12H2,1-4H3,(H,57,67)(H,58,68)(H,59,69)(H,60,70)/t17-,18-,19-,20-,21-,22-,23-,24-,25-,26-,27-,28-,29+,30+,31+,32+,33+,34-,35-,36-,37+,38+,39+,40-,41-,42-,43-,44-,45-,46-,47-,48+,49+,50-,51-,52+,53+,54+,55+,56+/m1/s1. The fraction of sp³-hybridized carbons (Fsp3) is 0.929. The number of carbonyl (C=O) groups is 4. The summed E-state index contributed by atoms with van der Waals surface area (Å²) in [5, 5.41) is 250. The highest BCUT2D eigenvalue weighted by Crippen LogP contribution is 2.38. The Morgan fingerprint density at radius 3 is 0.851 bits per heavy atom. The van der Waals surface area contributed by atoms with E-state index < -0.39 is 322 Å². The molecule has 8 rings (SSSR count). The Balaban J connectivity index is 1.09. The van der Waals surface area contributed by atoms with E-state index in [-0.39, 0.29) is 0 Å². The molecule has 0 aromatic heterocycles. The smallest absolute Gasteiger partial charge is 0.217 e. The van der Waals surface area contributed by atoms with Gasteiger partial charge in [0.25, 0.3) is 0 Å². The fourth-order valence-electron chi connectivity index (χ4n) is 12.9. The summed E-state index contributed by atoms with van der Waals surface area (Å²) >= 11 is 0. The normalized spacial score (nSPS) is 48.3. The second-order valence-electron chi connectivity index (χ2n) is 25.4. The summed E-state index contributed by atoms with van der Waals surface area (Å²) in [5.41, 5.74) is 0. The van der Waals surface area contributed by atoms with Gasteiger partial charge in [-0.25, -0.2) is 0 Å². The summed E-state index contributed by atoms with van der Waals surface area (Å²) in [6.45, 7) is -4.06. The second kappa shape index (κ2) is 36.3. The monoisotopic (exact) mass is 1480 g/mol. The maximum atomic E-state index is 12.9. The van der Waals surface area contributed by atoms with Crippen molar-refractivity contribution in [3.8, 4) is 0 Å². The predicted molar refractivity (Wildman–Crippen MR) is 311 cm³/mol. The van der Waals surface area contributed by atoms with Crippen molar-refractivity contribution in [3.05, 3.63) is 0 Å². The summed E-state index contributed by atoms with van der Waals surface area (Å²) < 4.78 is 87.6. The molecule has 0 aliphatic carbocycles. The molecule has 8 fully saturated rings. The lowest BCUT2D eigenvalue weighted by atomic mass is 9.94. The van der Waals surface area contributed by atoms with Gasteiger partial charge in [-0.3, -0.25) is 19.2 Å². The average molecular weight is 1480 g/mol. The molecule has 4 amide bonds. The molecule has 0 radical (unpaired) electrons. The van der Waals surface area contributed by atoms with Crippen molar-refractivity contribution in [2.24, 2.45) is 0 Å². The van der Waals surface area contributed by atoms with Crippen LogP contribution in [0.1, 0.15) is 27.7 Å². The Bertz CT molecular complexity index is 2630. The molecule has 8 heterocycles. The summed E-state index contributed by atoms with van der Waals surface area (Å²) in [4.78, 5) is 51.2. The zero-order chi connectivity index (χ0) is 74.5. The van der Waals surface area contributed by atoms with Gasteiger partial charge in [0.15, 0.2) is 50.3 Å². The number of hydrogen-bond acceptors (Lipinski definition) is 41. The maximum Gasteiger partial charge on any atom is 0.217 e. The van der Waals surface area contributed by atoms with E-state index in [9.17, 15) is 132 Å². The number of aliphatic hydroxyl groups excluding tert-OH is 22. The lowest BCUT2D eigenvalue weighted by Gasteiger charge is -2.50. The van der Waals surface area contributed by atoms with Gasteiger partial charge < -0.3 is 205 Å². The van der Waals surface area contributed by atoms with Crippen molar-refractivity contribution in [1.29, 1.82) is 0 Å². The fourth-order valence-corrected chi connectivity index (χ4v) is 12.9. The van der Waals surface area contributed by atoms with Crippen LogP contribution in [-0.4, -0.2) is 434 Å². The van der Waals surface area contributed by atoms with E-state index in [1.165, 1.54) is 0 Å². The van der Waals surface area contributed by atoms with Crippen molar-refractivity contribution in [2.45, 2.75) is 273 Å². The second-order valence-corrected chi connectivity index (χ2v) is 25.4. The highest BCUT2D eigenvalue weighted by Gasteiger charge is 2.59. The number of nitrogens with one attached hydrogen (secondary N) is 4. The van der Waals surface area contributed by atoms with Gasteiger partial charge in [-0.1, -0.05) is 0 Å². The Morgan fingerprint density at radius 2 is 0.515 bits per heavy atom. The molecule has 0 aromatic rings. The molecule has 584 valence electrons. The molecule has 0 bridgehead atoms. The number of aliphatic hydroxyl groups is 22. The van der Waals surface area contributed by atoms with Crippen LogP contribution in [0.5, 0.6) is 0 Å². The van der Waals surface area contributed by atoms with Crippen molar-refractivity contribution in [3.63, 3.8) is 0 Å². The molecular weight excluding hydrogens is 1380 g/mol. The van der Waals surface area contributed by atoms with Crippen molar-refractivity contribution in [1.82, 2.24) is 21.3 Å². The van der Waals surface area contributed by atoms with Gasteiger partial charge in [0, 0.05) is 27.7 Å². The highest BCUT2D eigenvalue weighted by atomic mass is 16.8. The molecule has 0 aromatic carbocycles. The van der Waals surface area contributed by atoms with Crippen LogP contribution in [-0.2, 0) is 90.2 Å². The van der Waals surface area contributed by atoms with Crippen molar-refractivity contribution >= 4 is 23.6 Å². The van der Waals surface area contributed by atoms with Crippen LogP contribution >= 0.6 is 0 Å². The first-order valence-electron chi connectivity index (χ1n) is 32.1. The zero-order valence-electron chi connectivity index (χ0n) is 54.3. The van der Waals surface area contributed by atoms with E-state index >= 15 is 0 Å². The van der Waals surface area contributed by atoms with Gasteiger partial charge in [-0.15, -0.1) is 0 Å². The lowest BCUT2D eigenvalue weighted by Crippen LogP contribution is -2.70. The molecule has 0 saturated carbocycles. The van der Waals surface area contributed by atoms with Crippen LogP contribution in [0.2, 0.25) is 0 Å². The van der Waals surface area contributed by atoms with E-state index in [0.29, 0.717) is 0 Å². The van der Waals surface area contributed by atoms with Gasteiger partial charge in [0.2, 0.25) is 23.6 Å². The van der Waals surface area contributed by atoms with Crippen LogP contribution in [0.25, 0.3) is 0 Å². The summed E-state index contributed by atoms with van der Waals surface area (Å²) in [6, 6.07) is -7.32. The molecule has 101 heavy (non-hydrogen) atoms. The van der Waals surface area contributed by atoms with E-state index in [1.807, 2.05) is 0 Å². The largest absolute Gasteiger partial charge is 0.394 e. The Labute approximate surface area is 572 Å². The summed E-state index contributed by atoms with van der Waals surface area (Å²) in [6.07, 6.45) is -71.0. The first-order valence-corrected chi connectivity index (χ1v) is 32.1. The van der Waals surface area contributed by atoms with Gasteiger partial charge in [0.1, 0.15) is 195 Å². The minimum Gasteiger partial charge on any atom is -0.394 e. The van der Waals surface area contributed by atoms with Crippen LogP contribution in [0, 0.1) is 0 Å². The third kappa shape index (κ3) is 18.7. The quantitative estimate of drug-likeness (QED) is 0.0382. The van der Waals surface area contributed by atoms with E-state index in [0.717, 1.165) is 27.7 Å². The molecule has 40 atom stereocenters. The van der Waals surface area contributed by atoms with Gasteiger partial charge in [0.05, 0.1) is 52.9 Å². The molecule has 8 aliphatic rings. The Morgan fingerprint density at radius 1 is 0.257 bits per heavy atom. The van der Waals surface area contributed by atoms with E-state index in [4.69, 9.17) is 71.1 Å². The molecule has 0 unspecified atom stereocenters. The number of carbonyl (C=O) groups excluding carboxylic acids is 4. The van der Waals surface area contributed by atoms with Crippen molar-refractivity contribution in [2.75, 3.05) is 52.9 Å². The third-order valence-corrected chi connectivity index (χ3v) is 18.2. The van der Waals surface area contributed by atoms with E-state index in [2.05, 4.69) is 21.3 Å². The number of rotatable bonds is 26. The number of amides is 4. The van der Waals surface area contributed by atoms with Crippen LogP contribution < -0.4 is 21.3 Å². The Kier molecular flexibility index (Phi) is 29.9. The topological polar surface area (TPSA) is 700 Å². The number of hydrogen-bond donors (Lipinski definition) is 26. The minimum absolute atomic E-state index is 0.840. The molecule has 45 nitrogen and oxygen atoms in total. The average Bonchev–Trinajstić information content (AvgIpc) is 0.778. The Hall–Kier alpha value is -3.60. The minimum atomic E-state index is -2.46. The van der Waals surface area contributed by atoms with Gasteiger partial charge in [-0.2, -0.15) is 0 Å². The zero-order valence-corrected chi connectivity index (χ0v) is 54.3. The van der Waals surface area contributed by atoms with Gasteiger partial charge in [-0.05, 0) is 0 Å². The summed E-state index contributed by atoms with van der Waals surface area (Å²) in [5.74, 6) is -3.57. The highest BCUT2D eigenvalue weighted by molar-refractivity contribution is 5.74. The summed E-state index contributed by atoms with van der Waals surface area (Å²) in [7, 11) is 0. The van der Waals surface area contributed by atoms with Crippen LogP contribution in [0.4, 0.5) is 0 Å². The SMILES string of the molecule is CC(=O)N[C@@H]1[C@@H](O[C@@H]2O[C@H](CO[C@@H]3O[C@H](CO)[C@@H](O[C@@H]4O[C@H](CO)[C@H](O)[C@H](O)[C@H]4O)[C@H](O)[C@H]3NC(C)=O)[C@H](O)[C@H](O[C@@H]3O[C@H](CO)[C@@H](O[C@@H]4O[C@H](CO)[C@H](O)[C@H](O)[C@H]4O)[C@H](O)[C@H]3NC(C)=O)[C@H]2O)[C@@H](O)[C@@H](CO[C@@H]2O[C@H](CO)[C@@H](O[C@@H]3O[C@H](CO)[C@H](O)[C@H](O)[C@H]3O)[C@H](O)[C@H]2NC(C)=O)O[C@@H]1O. The van der Waals surface area contributed by atoms with E-state index in [1.54, 1.807) is 0 Å². The van der Waals surface area contributed by atoms with Crippen LogP contribution in [0.15, 0.2) is 0 Å². The predicted octanol–water partition coefficient (Wildman–Crippen LogP) is -17.9. The molecule has 26 N–H and O–H groups in total. The first kappa shape index (κ1) is 83.0. The lowest BCUT2D eigenvalue weighted by molar-refractivity contribution is -0.380. The van der Waals surface area contributed by atoms with Gasteiger partial charge >= 0.3 is 0 Å². The molecule has 45 heteroatoms. The van der Waals surface area contributed by atoms with Crippen LogP contribution in [0.3, 0.4) is 0 Å². The molecule has 0 spiro atoms. The maximum absolute atomic E-state index is 12.9. The van der Waals surface area contributed by atoms with Crippen molar-refractivity contribution < 1.29 is 203 Å². The first-order chi connectivity index (χ1) is 47.7. The molecule has 8 aliphatic heterocycles. The third-order valence-electron chi connectivity index (χ3n) is 18.2.